The molecule has 3 heterocycles. The zero-order valence-corrected chi connectivity index (χ0v) is 9.39. The minimum Gasteiger partial charge on any atom is -0.382 e. The SMILES string of the molecule is Nc1cc(-c2nc(N3CCCCC3)no2)[nH]n1. The summed E-state index contributed by atoms with van der Waals surface area (Å²) in [6, 6.07) is 1.67. The number of nitrogen functional groups attached to an aromatic ring is 1. The first-order valence-electron chi connectivity index (χ1n) is 5.73. The number of nitrogens with one attached hydrogen (secondary N) is 1. The summed E-state index contributed by atoms with van der Waals surface area (Å²) in [5.74, 6) is 1.49. The van der Waals surface area contributed by atoms with Crippen molar-refractivity contribution in [3.8, 4) is 11.6 Å². The minimum absolute atomic E-state index is 0.415. The number of nitrogens with zero attached hydrogens (tertiary/aromatic N) is 4. The quantitative estimate of drug-likeness (QED) is 0.805. The van der Waals surface area contributed by atoms with Crippen LogP contribution in [-0.2, 0) is 0 Å². The van der Waals surface area contributed by atoms with E-state index in [9.17, 15) is 0 Å². The number of rotatable bonds is 2. The van der Waals surface area contributed by atoms with Crippen molar-refractivity contribution in [3.05, 3.63) is 6.07 Å². The molecule has 0 unspecified atom stereocenters. The number of H-pyrrole nitrogens is 1. The summed E-state index contributed by atoms with van der Waals surface area (Å²) in [6.45, 7) is 1.98. The predicted octanol–water partition coefficient (Wildman–Crippen LogP) is 1.03. The molecule has 0 amide bonds. The van der Waals surface area contributed by atoms with E-state index in [0.29, 0.717) is 23.4 Å². The Morgan fingerprint density at radius 3 is 2.82 bits per heavy atom. The van der Waals surface area contributed by atoms with E-state index in [1.54, 1.807) is 6.07 Å². The van der Waals surface area contributed by atoms with Gasteiger partial charge in [-0.1, -0.05) is 0 Å². The third kappa shape index (κ3) is 1.95. The summed E-state index contributed by atoms with van der Waals surface area (Å²) < 4.78 is 5.19. The second-order valence-electron chi connectivity index (χ2n) is 4.15. The van der Waals surface area contributed by atoms with Gasteiger partial charge in [0.15, 0.2) is 0 Å². The van der Waals surface area contributed by atoms with Gasteiger partial charge in [-0.3, -0.25) is 5.10 Å². The van der Waals surface area contributed by atoms with E-state index in [4.69, 9.17) is 10.3 Å². The molecule has 7 nitrogen and oxygen atoms in total. The van der Waals surface area contributed by atoms with Crippen molar-refractivity contribution in [1.29, 1.82) is 0 Å². The molecule has 0 saturated carbocycles. The molecular weight excluding hydrogens is 220 g/mol. The summed E-state index contributed by atoms with van der Waals surface area (Å²) in [5, 5.41) is 10.6. The van der Waals surface area contributed by atoms with E-state index in [1.807, 2.05) is 0 Å². The molecule has 0 atom stereocenters. The Morgan fingerprint density at radius 2 is 2.12 bits per heavy atom. The van der Waals surface area contributed by atoms with Crippen LogP contribution in [-0.4, -0.2) is 33.4 Å². The average Bonchev–Trinajstić information content (AvgIpc) is 2.98. The maximum Gasteiger partial charge on any atom is 0.277 e. The van der Waals surface area contributed by atoms with E-state index in [0.717, 1.165) is 13.1 Å². The highest BCUT2D eigenvalue weighted by Gasteiger charge is 2.18. The fraction of sp³-hybridized carbons (Fsp3) is 0.500. The van der Waals surface area contributed by atoms with E-state index >= 15 is 0 Å². The van der Waals surface area contributed by atoms with Gasteiger partial charge in [-0.15, -0.1) is 0 Å². The van der Waals surface area contributed by atoms with Crippen LogP contribution in [0.15, 0.2) is 10.6 Å². The van der Waals surface area contributed by atoms with Gasteiger partial charge in [-0.2, -0.15) is 10.1 Å². The van der Waals surface area contributed by atoms with E-state index in [2.05, 4.69) is 25.2 Å². The lowest BCUT2D eigenvalue weighted by Crippen LogP contribution is -2.30. The average molecular weight is 234 g/mol. The Hall–Kier alpha value is -2.05. The van der Waals surface area contributed by atoms with Crippen molar-refractivity contribution in [2.75, 3.05) is 23.7 Å². The van der Waals surface area contributed by atoms with E-state index in [1.165, 1.54) is 19.3 Å². The second-order valence-corrected chi connectivity index (χ2v) is 4.15. The third-order valence-corrected chi connectivity index (χ3v) is 2.88. The first kappa shape index (κ1) is 10.1. The van der Waals surface area contributed by atoms with Crippen LogP contribution in [0.5, 0.6) is 0 Å². The Kier molecular flexibility index (Phi) is 2.43. The van der Waals surface area contributed by atoms with Crippen LogP contribution in [0, 0.1) is 0 Å². The lowest BCUT2D eigenvalue weighted by Gasteiger charge is -2.24. The topological polar surface area (TPSA) is 96.9 Å². The second kappa shape index (κ2) is 4.08. The van der Waals surface area contributed by atoms with Crippen molar-refractivity contribution in [2.24, 2.45) is 0 Å². The Morgan fingerprint density at radius 1 is 1.29 bits per heavy atom. The minimum atomic E-state index is 0.415. The van der Waals surface area contributed by atoms with Crippen LogP contribution in [0.3, 0.4) is 0 Å². The van der Waals surface area contributed by atoms with E-state index in [-0.39, 0.29) is 0 Å². The summed E-state index contributed by atoms with van der Waals surface area (Å²) >= 11 is 0. The highest BCUT2D eigenvalue weighted by atomic mass is 16.5. The molecule has 0 spiro atoms. The van der Waals surface area contributed by atoms with Gasteiger partial charge in [0, 0.05) is 19.2 Å². The molecule has 0 aromatic carbocycles. The Balaban J connectivity index is 1.82. The maximum atomic E-state index is 5.52. The van der Waals surface area contributed by atoms with Gasteiger partial charge < -0.3 is 15.2 Å². The molecular formula is C10H14N6O. The standard InChI is InChI=1S/C10H14N6O/c11-8-6-7(13-14-8)9-12-10(15-17-9)16-4-2-1-3-5-16/h6H,1-5H2,(H3,11,13,14). The van der Waals surface area contributed by atoms with Gasteiger partial charge in [0.05, 0.1) is 0 Å². The largest absolute Gasteiger partial charge is 0.382 e. The third-order valence-electron chi connectivity index (χ3n) is 2.88. The molecule has 90 valence electrons. The zero-order valence-electron chi connectivity index (χ0n) is 9.39. The van der Waals surface area contributed by atoms with Crippen LogP contribution in [0.1, 0.15) is 19.3 Å². The number of nitrogens with two attached hydrogens (primary N) is 1. The molecule has 1 aliphatic heterocycles. The molecule has 2 aromatic rings. The molecule has 17 heavy (non-hydrogen) atoms. The summed E-state index contributed by atoms with van der Waals surface area (Å²) in [4.78, 5) is 6.47. The number of hydrogen-bond acceptors (Lipinski definition) is 6. The molecule has 3 N–H and O–H groups in total. The Labute approximate surface area is 98.0 Å². The van der Waals surface area contributed by atoms with Gasteiger partial charge in [0.25, 0.3) is 11.8 Å². The lowest BCUT2D eigenvalue weighted by atomic mass is 10.1. The molecule has 1 saturated heterocycles. The fourth-order valence-electron chi connectivity index (χ4n) is 1.99. The van der Waals surface area contributed by atoms with Crippen LogP contribution in [0.2, 0.25) is 0 Å². The number of hydrogen-bond donors (Lipinski definition) is 2. The number of piperidine rings is 1. The smallest absolute Gasteiger partial charge is 0.277 e. The first-order chi connectivity index (χ1) is 8.33. The lowest BCUT2D eigenvalue weighted by molar-refractivity contribution is 0.425. The molecule has 0 aliphatic carbocycles. The normalized spacial score (nSPS) is 16.4. The molecule has 0 bridgehead atoms. The van der Waals surface area contributed by atoms with Gasteiger partial charge >= 0.3 is 0 Å². The number of aromatic nitrogens is 4. The maximum absolute atomic E-state index is 5.52. The molecule has 1 aliphatic rings. The summed E-state index contributed by atoms with van der Waals surface area (Å²) in [5.41, 5.74) is 6.17. The van der Waals surface area contributed by atoms with Gasteiger partial charge in [-0.25, -0.2) is 0 Å². The van der Waals surface area contributed by atoms with Crippen molar-refractivity contribution in [3.63, 3.8) is 0 Å². The molecule has 2 aromatic heterocycles. The highest BCUT2D eigenvalue weighted by molar-refractivity contribution is 5.53. The van der Waals surface area contributed by atoms with Gasteiger partial charge in [0.1, 0.15) is 11.5 Å². The van der Waals surface area contributed by atoms with Crippen LogP contribution in [0.4, 0.5) is 11.8 Å². The van der Waals surface area contributed by atoms with Crippen LogP contribution >= 0.6 is 0 Å². The van der Waals surface area contributed by atoms with Crippen molar-refractivity contribution < 1.29 is 4.52 Å². The van der Waals surface area contributed by atoms with Crippen LogP contribution < -0.4 is 10.6 Å². The van der Waals surface area contributed by atoms with Crippen LogP contribution in [0.25, 0.3) is 11.6 Å². The number of anilines is 2. The molecule has 0 radical (unpaired) electrons. The first-order valence-corrected chi connectivity index (χ1v) is 5.73. The molecule has 1 fully saturated rings. The van der Waals surface area contributed by atoms with Gasteiger partial charge in [-0.05, 0) is 24.4 Å². The van der Waals surface area contributed by atoms with Crippen molar-refractivity contribution in [1.82, 2.24) is 20.3 Å². The van der Waals surface area contributed by atoms with Gasteiger partial charge in [0.2, 0.25) is 0 Å². The fourth-order valence-corrected chi connectivity index (χ4v) is 1.99. The summed E-state index contributed by atoms with van der Waals surface area (Å²) in [7, 11) is 0. The zero-order chi connectivity index (χ0) is 11.7. The van der Waals surface area contributed by atoms with E-state index < -0.39 is 0 Å². The molecule has 3 rings (SSSR count). The monoisotopic (exact) mass is 234 g/mol. The highest BCUT2D eigenvalue weighted by Crippen LogP contribution is 2.21. The Bertz CT molecular complexity index is 498. The van der Waals surface area contributed by atoms with Crippen molar-refractivity contribution >= 4 is 11.8 Å². The number of aromatic amines is 1. The predicted molar refractivity (Wildman–Crippen MR) is 62.4 cm³/mol. The van der Waals surface area contributed by atoms with Crippen molar-refractivity contribution in [2.45, 2.75) is 19.3 Å². The molecule has 7 heteroatoms. The summed E-state index contributed by atoms with van der Waals surface area (Å²) in [6.07, 6.45) is 3.64.